The van der Waals surface area contributed by atoms with Crippen LogP contribution in [0.1, 0.15) is 47.5 Å². The summed E-state index contributed by atoms with van der Waals surface area (Å²) in [5.74, 6) is 0.412. The monoisotopic (exact) mass is 240 g/mol. The maximum absolute atomic E-state index is 12.3. The molecule has 0 aromatic heterocycles. The summed E-state index contributed by atoms with van der Waals surface area (Å²) in [6.07, 6.45) is 1.58. The number of hydrogen-bond donors (Lipinski definition) is 1. The van der Waals surface area contributed by atoms with Crippen molar-refractivity contribution in [2.24, 2.45) is 5.92 Å². The van der Waals surface area contributed by atoms with E-state index in [0.29, 0.717) is 18.9 Å². The number of carbonyl (C=O) groups is 2. The SMILES string of the molecule is CCCN1C(=O)C(CC(C)C)NC(=O)C1(C)C. The smallest absolute Gasteiger partial charge is 0.246 e. The Labute approximate surface area is 104 Å². The molecule has 1 heterocycles. The van der Waals surface area contributed by atoms with Crippen LogP contribution in [-0.2, 0) is 9.59 Å². The molecule has 1 aliphatic rings. The number of amides is 2. The third kappa shape index (κ3) is 2.79. The van der Waals surface area contributed by atoms with Gasteiger partial charge in [0.25, 0.3) is 0 Å². The average molecular weight is 240 g/mol. The zero-order valence-electron chi connectivity index (χ0n) is 11.5. The van der Waals surface area contributed by atoms with E-state index < -0.39 is 5.54 Å². The molecule has 1 saturated heterocycles. The van der Waals surface area contributed by atoms with Gasteiger partial charge in [-0.3, -0.25) is 9.59 Å². The van der Waals surface area contributed by atoms with Crippen molar-refractivity contribution in [1.82, 2.24) is 10.2 Å². The first kappa shape index (κ1) is 14.0. The minimum Gasteiger partial charge on any atom is -0.342 e. The Morgan fingerprint density at radius 3 is 2.41 bits per heavy atom. The van der Waals surface area contributed by atoms with E-state index >= 15 is 0 Å². The van der Waals surface area contributed by atoms with E-state index in [1.54, 1.807) is 4.90 Å². The van der Waals surface area contributed by atoms with Crippen molar-refractivity contribution >= 4 is 11.8 Å². The van der Waals surface area contributed by atoms with Gasteiger partial charge in [-0.15, -0.1) is 0 Å². The molecule has 98 valence electrons. The van der Waals surface area contributed by atoms with Gasteiger partial charge in [-0.25, -0.2) is 0 Å². The maximum atomic E-state index is 12.3. The van der Waals surface area contributed by atoms with Crippen LogP contribution in [0.25, 0.3) is 0 Å². The Bertz CT molecular complexity index is 311. The minimum absolute atomic E-state index is 0.0452. The number of piperazine rings is 1. The van der Waals surface area contributed by atoms with Gasteiger partial charge >= 0.3 is 0 Å². The molecular weight excluding hydrogens is 216 g/mol. The van der Waals surface area contributed by atoms with Crippen molar-refractivity contribution in [3.63, 3.8) is 0 Å². The highest BCUT2D eigenvalue weighted by molar-refractivity contribution is 5.99. The molecule has 0 spiro atoms. The third-order valence-electron chi connectivity index (χ3n) is 3.25. The maximum Gasteiger partial charge on any atom is 0.246 e. The molecule has 1 aliphatic heterocycles. The highest BCUT2D eigenvalue weighted by atomic mass is 16.2. The fraction of sp³-hybridized carbons (Fsp3) is 0.846. The van der Waals surface area contributed by atoms with Gasteiger partial charge in [-0.1, -0.05) is 20.8 Å². The number of nitrogens with zero attached hydrogens (tertiary/aromatic N) is 1. The van der Waals surface area contributed by atoms with E-state index in [-0.39, 0.29) is 17.9 Å². The second kappa shape index (κ2) is 5.07. The molecule has 4 nitrogen and oxygen atoms in total. The summed E-state index contributed by atoms with van der Waals surface area (Å²) in [4.78, 5) is 26.1. The topological polar surface area (TPSA) is 49.4 Å². The Balaban J connectivity index is 2.90. The van der Waals surface area contributed by atoms with Crippen LogP contribution in [0, 0.1) is 5.92 Å². The first-order valence-electron chi connectivity index (χ1n) is 6.43. The number of nitrogens with one attached hydrogen (secondary N) is 1. The molecule has 17 heavy (non-hydrogen) atoms. The van der Waals surface area contributed by atoms with E-state index in [1.165, 1.54) is 0 Å². The van der Waals surface area contributed by atoms with Crippen LogP contribution in [-0.4, -0.2) is 34.8 Å². The van der Waals surface area contributed by atoms with Crippen LogP contribution in [0.2, 0.25) is 0 Å². The highest BCUT2D eigenvalue weighted by Crippen LogP contribution is 2.23. The Hall–Kier alpha value is -1.06. The molecule has 0 saturated carbocycles. The quantitative estimate of drug-likeness (QED) is 0.810. The molecule has 1 rings (SSSR count). The molecule has 2 amide bonds. The van der Waals surface area contributed by atoms with Crippen molar-refractivity contribution in [3.8, 4) is 0 Å². The Kier molecular flexibility index (Phi) is 4.17. The summed E-state index contributed by atoms with van der Waals surface area (Å²) in [5, 5.41) is 2.85. The molecule has 0 bridgehead atoms. The molecule has 0 aliphatic carbocycles. The zero-order chi connectivity index (χ0) is 13.2. The van der Waals surface area contributed by atoms with Crippen molar-refractivity contribution in [2.75, 3.05) is 6.54 Å². The van der Waals surface area contributed by atoms with Crippen LogP contribution in [0.5, 0.6) is 0 Å². The summed E-state index contributed by atoms with van der Waals surface area (Å²) in [6.45, 7) is 10.4. The van der Waals surface area contributed by atoms with Gasteiger partial charge in [-0.2, -0.15) is 0 Å². The van der Waals surface area contributed by atoms with Crippen molar-refractivity contribution in [3.05, 3.63) is 0 Å². The van der Waals surface area contributed by atoms with Gasteiger partial charge in [-0.05, 0) is 32.6 Å². The number of rotatable bonds is 4. The first-order chi connectivity index (χ1) is 7.80. The molecule has 0 radical (unpaired) electrons. The lowest BCUT2D eigenvalue weighted by atomic mass is 9.92. The molecule has 1 atom stereocenters. The zero-order valence-corrected chi connectivity index (χ0v) is 11.5. The van der Waals surface area contributed by atoms with Gasteiger partial charge in [0.2, 0.25) is 11.8 Å². The summed E-state index contributed by atoms with van der Waals surface area (Å²) in [5.41, 5.74) is -0.722. The van der Waals surface area contributed by atoms with Crippen molar-refractivity contribution in [2.45, 2.75) is 59.0 Å². The van der Waals surface area contributed by atoms with E-state index in [2.05, 4.69) is 19.2 Å². The number of carbonyl (C=O) groups excluding carboxylic acids is 2. The molecule has 0 aromatic carbocycles. The normalized spacial score (nSPS) is 24.1. The van der Waals surface area contributed by atoms with Crippen molar-refractivity contribution < 1.29 is 9.59 Å². The van der Waals surface area contributed by atoms with Gasteiger partial charge < -0.3 is 10.2 Å². The predicted molar refractivity (Wildman–Crippen MR) is 67.5 cm³/mol. The van der Waals surface area contributed by atoms with Crippen LogP contribution in [0.15, 0.2) is 0 Å². The first-order valence-corrected chi connectivity index (χ1v) is 6.43. The lowest BCUT2D eigenvalue weighted by molar-refractivity contribution is -0.155. The Morgan fingerprint density at radius 2 is 1.94 bits per heavy atom. The molecule has 4 heteroatoms. The summed E-state index contributed by atoms with van der Waals surface area (Å²) < 4.78 is 0. The predicted octanol–water partition coefficient (Wildman–Crippen LogP) is 1.55. The van der Waals surface area contributed by atoms with Crippen LogP contribution in [0.3, 0.4) is 0 Å². The lowest BCUT2D eigenvalue weighted by Gasteiger charge is -2.44. The molecule has 1 unspecified atom stereocenters. The van der Waals surface area contributed by atoms with Crippen LogP contribution < -0.4 is 5.32 Å². The van der Waals surface area contributed by atoms with E-state index in [0.717, 1.165) is 6.42 Å². The average Bonchev–Trinajstić information content (AvgIpc) is 2.21. The molecule has 0 aromatic rings. The van der Waals surface area contributed by atoms with Gasteiger partial charge in [0, 0.05) is 6.54 Å². The number of hydrogen-bond acceptors (Lipinski definition) is 2. The summed E-state index contributed by atoms with van der Waals surface area (Å²) in [6, 6.07) is -0.345. The van der Waals surface area contributed by atoms with E-state index in [1.807, 2.05) is 20.8 Å². The Morgan fingerprint density at radius 1 is 1.35 bits per heavy atom. The van der Waals surface area contributed by atoms with E-state index in [9.17, 15) is 9.59 Å². The fourth-order valence-electron chi connectivity index (χ4n) is 2.23. The van der Waals surface area contributed by atoms with Crippen molar-refractivity contribution in [1.29, 1.82) is 0 Å². The lowest BCUT2D eigenvalue weighted by Crippen LogP contribution is -2.68. The van der Waals surface area contributed by atoms with Gasteiger partial charge in [0.05, 0.1) is 0 Å². The van der Waals surface area contributed by atoms with Crippen LogP contribution in [0.4, 0.5) is 0 Å². The molecule has 1 fully saturated rings. The second-order valence-electron chi connectivity index (χ2n) is 5.70. The minimum atomic E-state index is -0.722. The highest BCUT2D eigenvalue weighted by Gasteiger charge is 2.45. The third-order valence-corrected chi connectivity index (χ3v) is 3.25. The standard InChI is InChI=1S/C13H24N2O2/c1-6-7-15-11(16)10(8-9(2)3)14-12(17)13(15,4)5/h9-10H,6-8H2,1-5H3,(H,14,17). The second-order valence-corrected chi connectivity index (χ2v) is 5.70. The summed E-state index contributed by atoms with van der Waals surface area (Å²) >= 11 is 0. The largest absolute Gasteiger partial charge is 0.342 e. The van der Waals surface area contributed by atoms with Gasteiger partial charge in [0.15, 0.2) is 0 Å². The summed E-state index contributed by atoms with van der Waals surface area (Å²) in [7, 11) is 0. The van der Waals surface area contributed by atoms with Crippen LogP contribution >= 0.6 is 0 Å². The molecule has 1 N–H and O–H groups in total. The molecular formula is C13H24N2O2. The fourth-order valence-corrected chi connectivity index (χ4v) is 2.23. The van der Waals surface area contributed by atoms with Gasteiger partial charge in [0.1, 0.15) is 11.6 Å². The van der Waals surface area contributed by atoms with E-state index in [4.69, 9.17) is 0 Å².